The van der Waals surface area contributed by atoms with Crippen LogP contribution in [-0.4, -0.2) is 44.3 Å². The van der Waals surface area contributed by atoms with Gasteiger partial charge in [-0.1, -0.05) is 6.07 Å². The van der Waals surface area contributed by atoms with Crippen LogP contribution >= 0.6 is 0 Å². The molecule has 2 heterocycles. The Balaban J connectivity index is 1.42. The number of ether oxygens (including phenoxy) is 4. The van der Waals surface area contributed by atoms with E-state index in [1.165, 1.54) is 0 Å². The van der Waals surface area contributed by atoms with Crippen molar-refractivity contribution >= 4 is 5.91 Å². The predicted octanol–water partition coefficient (Wildman–Crippen LogP) is 3.60. The van der Waals surface area contributed by atoms with Gasteiger partial charge in [0.15, 0.2) is 18.1 Å². The number of methoxy groups -OCH3 is 1. The van der Waals surface area contributed by atoms with Crippen LogP contribution in [0.1, 0.15) is 30.9 Å². The minimum Gasteiger partial charge on any atom is -0.497 e. The molecule has 4 rings (SSSR count). The van der Waals surface area contributed by atoms with E-state index < -0.39 is 0 Å². The van der Waals surface area contributed by atoms with E-state index in [0.717, 1.165) is 48.6 Å². The van der Waals surface area contributed by atoms with Crippen LogP contribution in [0.4, 0.5) is 0 Å². The summed E-state index contributed by atoms with van der Waals surface area (Å²) in [5.74, 6) is 2.95. The van der Waals surface area contributed by atoms with Crippen molar-refractivity contribution in [1.82, 2.24) is 4.90 Å². The number of carbonyl (C=O) groups excluding carboxylic acids is 1. The van der Waals surface area contributed by atoms with Crippen LogP contribution in [0, 0.1) is 0 Å². The number of rotatable bonds is 5. The lowest BCUT2D eigenvalue weighted by Gasteiger charge is -2.25. The lowest BCUT2D eigenvalue weighted by Crippen LogP contribution is -2.34. The molecule has 0 aliphatic carbocycles. The van der Waals surface area contributed by atoms with Gasteiger partial charge in [0.25, 0.3) is 5.91 Å². The molecule has 1 saturated heterocycles. The highest BCUT2D eigenvalue weighted by Crippen LogP contribution is 2.38. The molecular weight excluding hydrogens is 358 g/mol. The van der Waals surface area contributed by atoms with Gasteiger partial charge in [0.1, 0.15) is 11.5 Å². The van der Waals surface area contributed by atoms with Gasteiger partial charge in [0.05, 0.1) is 26.4 Å². The highest BCUT2D eigenvalue weighted by Gasteiger charge is 2.31. The molecule has 6 heteroatoms. The molecule has 0 N–H and O–H groups in total. The first-order valence-electron chi connectivity index (χ1n) is 9.70. The zero-order chi connectivity index (χ0) is 19.3. The fourth-order valence-electron chi connectivity index (χ4n) is 3.70. The van der Waals surface area contributed by atoms with E-state index in [-0.39, 0.29) is 18.6 Å². The van der Waals surface area contributed by atoms with Crippen molar-refractivity contribution in [3.63, 3.8) is 0 Å². The van der Waals surface area contributed by atoms with E-state index in [1.807, 2.05) is 35.2 Å². The molecule has 0 aromatic heterocycles. The number of likely N-dealkylation sites (tertiary alicyclic amines) is 1. The normalized spacial score (nSPS) is 18.5. The second kappa shape index (κ2) is 8.42. The third-order valence-corrected chi connectivity index (χ3v) is 5.15. The first kappa shape index (κ1) is 18.5. The summed E-state index contributed by atoms with van der Waals surface area (Å²) in [4.78, 5) is 14.7. The second-order valence-corrected chi connectivity index (χ2v) is 6.97. The molecule has 2 aliphatic rings. The number of benzene rings is 2. The van der Waals surface area contributed by atoms with Crippen molar-refractivity contribution in [2.24, 2.45) is 0 Å². The van der Waals surface area contributed by atoms with Crippen molar-refractivity contribution in [1.29, 1.82) is 0 Å². The van der Waals surface area contributed by atoms with E-state index in [2.05, 4.69) is 0 Å². The first-order chi connectivity index (χ1) is 13.7. The molecule has 0 unspecified atom stereocenters. The van der Waals surface area contributed by atoms with Crippen molar-refractivity contribution < 1.29 is 23.7 Å². The second-order valence-electron chi connectivity index (χ2n) is 6.97. The number of hydrogen-bond donors (Lipinski definition) is 0. The van der Waals surface area contributed by atoms with E-state index >= 15 is 0 Å². The van der Waals surface area contributed by atoms with E-state index in [0.29, 0.717) is 19.0 Å². The average Bonchev–Trinajstić information content (AvgIpc) is 3.11. The summed E-state index contributed by atoms with van der Waals surface area (Å²) in [7, 11) is 1.62. The number of carbonyl (C=O) groups is 1. The quantitative estimate of drug-likeness (QED) is 0.790. The summed E-state index contributed by atoms with van der Waals surface area (Å²) in [5.41, 5.74) is 1.08. The maximum absolute atomic E-state index is 12.8. The summed E-state index contributed by atoms with van der Waals surface area (Å²) >= 11 is 0. The van der Waals surface area contributed by atoms with Gasteiger partial charge in [-0.05, 0) is 54.8 Å². The maximum atomic E-state index is 12.8. The Bertz CT molecular complexity index is 820. The van der Waals surface area contributed by atoms with Crippen LogP contribution in [0.15, 0.2) is 42.5 Å². The number of amides is 1. The molecular formula is C22H25NO5. The van der Waals surface area contributed by atoms with E-state index in [4.69, 9.17) is 18.9 Å². The fraction of sp³-hybridized carbons (Fsp3) is 0.409. The molecule has 0 bridgehead atoms. The Hall–Kier alpha value is -2.89. The number of nitrogens with zero attached hydrogens (tertiary/aromatic N) is 1. The summed E-state index contributed by atoms with van der Waals surface area (Å²) < 4.78 is 22.3. The molecule has 0 radical (unpaired) electrons. The lowest BCUT2D eigenvalue weighted by atomic mass is 10.0. The summed E-state index contributed by atoms with van der Waals surface area (Å²) in [6.07, 6.45) is 2.79. The Morgan fingerprint density at radius 2 is 1.79 bits per heavy atom. The molecule has 1 atom stereocenters. The number of fused-ring (bicyclic) bond motifs is 1. The Kier molecular flexibility index (Phi) is 5.55. The maximum Gasteiger partial charge on any atom is 0.261 e. The third-order valence-electron chi connectivity index (χ3n) is 5.15. The molecule has 1 fully saturated rings. The Morgan fingerprint density at radius 1 is 1.04 bits per heavy atom. The number of hydrogen-bond acceptors (Lipinski definition) is 5. The van der Waals surface area contributed by atoms with Gasteiger partial charge in [-0.25, -0.2) is 0 Å². The van der Waals surface area contributed by atoms with Gasteiger partial charge >= 0.3 is 0 Å². The molecule has 2 aliphatic heterocycles. The van der Waals surface area contributed by atoms with Gasteiger partial charge in [-0.15, -0.1) is 0 Å². The van der Waals surface area contributed by atoms with Crippen molar-refractivity contribution in [3.05, 3.63) is 48.0 Å². The molecule has 2 aromatic rings. The van der Waals surface area contributed by atoms with Crippen LogP contribution in [0.5, 0.6) is 23.0 Å². The SMILES string of the molecule is COc1ccc(OCC(=O)N2CCC[C@@H]2c2ccc3c(c2)OCCCO3)cc1. The Morgan fingerprint density at radius 3 is 2.57 bits per heavy atom. The lowest BCUT2D eigenvalue weighted by molar-refractivity contribution is -0.134. The van der Waals surface area contributed by atoms with Crippen molar-refractivity contribution in [2.75, 3.05) is 33.5 Å². The van der Waals surface area contributed by atoms with Gasteiger partial charge in [-0.2, -0.15) is 0 Å². The summed E-state index contributed by atoms with van der Waals surface area (Å²) in [6, 6.07) is 13.3. The predicted molar refractivity (Wildman–Crippen MR) is 104 cm³/mol. The average molecular weight is 383 g/mol. The molecule has 148 valence electrons. The smallest absolute Gasteiger partial charge is 0.261 e. The van der Waals surface area contributed by atoms with Crippen LogP contribution in [0.2, 0.25) is 0 Å². The molecule has 0 spiro atoms. The van der Waals surface area contributed by atoms with E-state index in [9.17, 15) is 4.79 Å². The Labute approximate surface area is 165 Å². The van der Waals surface area contributed by atoms with Gasteiger partial charge < -0.3 is 23.8 Å². The standard InChI is InChI=1S/C22H25NO5/c1-25-17-6-8-18(9-7-17)28-15-22(24)23-11-2-4-19(23)16-5-10-20-21(14-16)27-13-3-12-26-20/h5-10,14,19H,2-4,11-13,15H2,1H3/t19-/m1/s1. The van der Waals surface area contributed by atoms with Gasteiger partial charge in [0.2, 0.25) is 0 Å². The molecule has 2 aromatic carbocycles. The van der Waals surface area contributed by atoms with Gasteiger partial charge in [-0.3, -0.25) is 4.79 Å². The zero-order valence-electron chi connectivity index (χ0n) is 16.1. The van der Waals surface area contributed by atoms with Crippen molar-refractivity contribution in [3.8, 4) is 23.0 Å². The topological polar surface area (TPSA) is 57.2 Å². The highest BCUT2D eigenvalue weighted by atomic mass is 16.5. The van der Waals surface area contributed by atoms with Crippen LogP contribution < -0.4 is 18.9 Å². The van der Waals surface area contributed by atoms with E-state index in [1.54, 1.807) is 19.2 Å². The third kappa shape index (κ3) is 4.01. The summed E-state index contributed by atoms with van der Waals surface area (Å²) in [6.45, 7) is 2.08. The molecule has 1 amide bonds. The molecule has 0 saturated carbocycles. The van der Waals surface area contributed by atoms with Crippen LogP contribution in [0.25, 0.3) is 0 Å². The minimum atomic E-state index is -0.00886. The van der Waals surface area contributed by atoms with Crippen LogP contribution in [0.3, 0.4) is 0 Å². The zero-order valence-corrected chi connectivity index (χ0v) is 16.1. The minimum absolute atomic E-state index is 0.00886. The first-order valence-corrected chi connectivity index (χ1v) is 9.70. The highest BCUT2D eigenvalue weighted by molar-refractivity contribution is 5.78. The van der Waals surface area contributed by atoms with Crippen LogP contribution in [-0.2, 0) is 4.79 Å². The van der Waals surface area contributed by atoms with Crippen molar-refractivity contribution in [2.45, 2.75) is 25.3 Å². The monoisotopic (exact) mass is 383 g/mol. The van der Waals surface area contributed by atoms with Gasteiger partial charge in [0, 0.05) is 13.0 Å². The molecule has 28 heavy (non-hydrogen) atoms. The molecule has 6 nitrogen and oxygen atoms in total. The fourth-order valence-corrected chi connectivity index (χ4v) is 3.70. The summed E-state index contributed by atoms with van der Waals surface area (Å²) in [5, 5.41) is 0. The largest absolute Gasteiger partial charge is 0.497 e.